The van der Waals surface area contributed by atoms with Gasteiger partial charge in [0.2, 0.25) is 0 Å². The second-order valence-corrected chi connectivity index (χ2v) is 8.33. The van der Waals surface area contributed by atoms with E-state index >= 15 is 0 Å². The lowest BCUT2D eigenvalue weighted by Crippen LogP contribution is -2.51. The van der Waals surface area contributed by atoms with E-state index in [2.05, 4.69) is 46.0 Å². The fourth-order valence-electron chi connectivity index (χ4n) is 3.08. The van der Waals surface area contributed by atoms with E-state index in [0.717, 1.165) is 25.0 Å². The summed E-state index contributed by atoms with van der Waals surface area (Å²) in [5, 5.41) is 13.5. The summed E-state index contributed by atoms with van der Waals surface area (Å²) in [6, 6.07) is 7.19. The molecule has 0 amide bonds. The molecule has 5 heteroatoms. The first-order valence-corrected chi connectivity index (χ1v) is 10.1. The first kappa shape index (κ1) is 15.7. The number of nitrogens with zero attached hydrogens (tertiary/aromatic N) is 1. The molecule has 1 unspecified atom stereocenters. The van der Waals surface area contributed by atoms with Crippen LogP contribution in [0.5, 0.6) is 0 Å². The van der Waals surface area contributed by atoms with Crippen LogP contribution in [0, 0.1) is 5.92 Å². The van der Waals surface area contributed by atoms with Gasteiger partial charge in [-0.25, -0.2) is 0 Å². The summed E-state index contributed by atoms with van der Waals surface area (Å²) in [4.78, 5) is 4.48. The van der Waals surface area contributed by atoms with Crippen LogP contribution in [0.15, 0.2) is 24.4 Å². The third-order valence-electron chi connectivity index (χ3n) is 4.33. The van der Waals surface area contributed by atoms with E-state index in [1.54, 1.807) is 0 Å². The summed E-state index contributed by atoms with van der Waals surface area (Å²) in [5.41, 5.74) is 1.16. The maximum absolute atomic E-state index is 9.63. The van der Waals surface area contributed by atoms with Gasteiger partial charge in [-0.3, -0.25) is 4.98 Å². The minimum absolute atomic E-state index is 0.0825. The molecule has 0 aromatic carbocycles. The Morgan fingerprint density at radius 1 is 1.24 bits per heavy atom. The minimum Gasteiger partial charge on any atom is -0.393 e. The highest BCUT2D eigenvalue weighted by molar-refractivity contribution is 8.03. The molecule has 1 aliphatic heterocycles. The molecule has 2 heterocycles. The largest absolute Gasteiger partial charge is 0.393 e. The molecule has 3 nitrogen and oxygen atoms in total. The van der Waals surface area contributed by atoms with Crippen LogP contribution < -0.4 is 5.32 Å². The van der Waals surface area contributed by atoms with E-state index in [1.165, 1.54) is 23.0 Å². The predicted octanol–water partition coefficient (Wildman–Crippen LogP) is 2.20. The third kappa shape index (κ3) is 4.62. The fourth-order valence-corrected chi connectivity index (χ4v) is 5.50. The van der Waals surface area contributed by atoms with E-state index in [1.807, 2.05) is 12.3 Å². The second-order valence-electron chi connectivity index (χ2n) is 6.03. The number of hydrogen-bond donors (Lipinski definition) is 2. The number of rotatable bonds is 5. The summed E-state index contributed by atoms with van der Waals surface area (Å²) in [6.45, 7) is 0. The molecule has 1 aromatic heterocycles. The number of pyridine rings is 1. The van der Waals surface area contributed by atoms with Crippen LogP contribution in [-0.4, -0.2) is 51.3 Å². The highest BCUT2D eigenvalue weighted by Gasteiger charge is 2.35. The highest BCUT2D eigenvalue weighted by atomic mass is 32.2. The number of aliphatic hydroxyl groups excluding tert-OH is 1. The lowest BCUT2D eigenvalue weighted by molar-refractivity contribution is 0.0230. The van der Waals surface area contributed by atoms with Crippen molar-refractivity contribution in [2.45, 2.75) is 37.5 Å². The number of nitrogens with one attached hydrogen (secondary N) is 1. The molecular formula is C16H24N2OS2. The van der Waals surface area contributed by atoms with Gasteiger partial charge in [0.15, 0.2) is 0 Å². The van der Waals surface area contributed by atoms with Crippen molar-refractivity contribution in [2.24, 2.45) is 5.92 Å². The Morgan fingerprint density at radius 3 is 2.62 bits per heavy atom. The summed E-state index contributed by atoms with van der Waals surface area (Å²) in [7, 11) is 0. The average Bonchev–Trinajstić information content (AvgIpc) is 2.73. The van der Waals surface area contributed by atoms with Crippen molar-refractivity contribution in [2.75, 3.05) is 23.0 Å². The highest BCUT2D eigenvalue weighted by Crippen LogP contribution is 2.32. The van der Waals surface area contributed by atoms with Gasteiger partial charge in [-0.1, -0.05) is 6.07 Å². The van der Waals surface area contributed by atoms with Crippen molar-refractivity contribution in [1.29, 1.82) is 0 Å². The van der Waals surface area contributed by atoms with Gasteiger partial charge in [0.05, 0.1) is 6.10 Å². The van der Waals surface area contributed by atoms with Gasteiger partial charge >= 0.3 is 0 Å². The van der Waals surface area contributed by atoms with Gasteiger partial charge in [-0.15, -0.1) is 0 Å². The van der Waals surface area contributed by atoms with Gasteiger partial charge in [0, 0.05) is 53.4 Å². The molecule has 1 aromatic rings. The summed E-state index contributed by atoms with van der Waals surface area (Å²) >= 11 is 4.12. The monoisotopic (exact) mass is 324 g/mol. The quantitative estimate of drug-likeness (QED) is 0.869. The van der Waals surface area contributed by atoms with Crippen LogP contribution >= 0.6 is 23.5 Å². The standard InChI is InChI=1S/C16H24N2OS2/c19-15-7-12(8-15)16(9-13-3-1-2-4-17-13)18-14-10-20-5-6-21-11-14/h1-4,12,14-16,18-19H,5-11H2. The van der Waals surface area contributed by atoms with Gasteiger partial charge < -0.3 is 10.4 Å². The van der Waals surface area contributed by atoms with Crippen molar-refractivity contribution in [3.8, 4) is 0 Å². The Hall–Kier alpha value is -0.230. The van der Waals surface area contributed by atoms with Gasteiger partial charge in [-0.05, 0) is 30.9 Å². The van der Waals surface area contributed by atoms with Crippen LogP contribution in [0.3, 0.4) is 0 Å². The molecule has 2 fully saturated rings. The summed E-state index contributed by atoms with van der Waals surface area (Å²) in [6.07, 6.45) is 4.65. The van der Waals surface area contributed by atoms with Crippen molar-refractivity contribution >= 4 is 23.5 Å². The molecule has 2 aliphatic rings. The molecule has 0 bridgehead atoms. The molecule has 116 valence electrons. The maximum Gasteiger partial charge on any atom is 0.0546 e. The van der Waals surface area contributed by atoms with E-state index in [0.29, 0.717) is 18.0 Å². The van der Waals surface area contributed by atoms with Gasteiger partial charge in [0.1, 0.15) is 0 Å². The van der Waals surface area contributed by atoms with Crippen LogP contribution in [0.25, 0.3) is 0 Å². The molecular weight excluding hydrogens is 300 g/mol. The number of aromatic nitrogens is 1. The summed E-state index contributed by atoms with van der Waals surface area (Å²) < 4.78 is 0. The lowest BCUT2D eigenvalue weighted by Gasteiger charge is -2.39. The first-order valence-electron chi connectivity index (χ1n) is 7.81. The SMILES string of the molecule is OC1CC(C(Cc2ccccn2)NC2CSCCSC2)C1. The average molecular weight is 325 g/mol. The van der Waals surface area contributed by atoms with Gasteiger partial charge in [-0.2, -0.15) is 23.5 Å². The van der Waals surface area contributed by atoms with E-state index in [9.17, 15) is 5.11 Å². The Morgan fingerprint density at radius 2 is 2.00 bits per heavy atom. The van der Waals surface area contributed by atoms with Crippen molar-refractivity contribution in [1.82, 2.24) is 10.3 Å². The van der Waals surface area contributed by atoms with Crippen LogP contribution in [-0.2, 0) is 6.42 Å². The Bertz CT molecular complexity index is 418. The minimum atomic E-state index is -0.0825. The van der Waals surface area contributed by atoms with Crippen molar-refractivity contribution in [3.63, 3.8) is 0 Å². The van der Waals surface area contributed by atoms with E-state index in [4.69, 9.17) is 0 Å². The third-order valence-corrected chi connectivity index (χ3v) is 6.85. The molecule has 0 spiro atoms. The van der Waals surface area contributed by atoms with Crippen molar-refractivity contribution < 1.29 is 5.11 Å². The smallest absolute Gasteiger partial charge is 0.0546 e. The first-order chi connectivity index (χ1) is 10.3. The van der Waals surface area contributed by atoms with E-state index in [-0.39, 0.29) is 6.10 Å². The predicted molar refractivity (Wildman–Crippen MR) is 92.0 cm³/mol. The molecule has 21 heavy (non-hydrogen) atoms. The molecule has 1 aliphatic carbocycles. The zero-order valence-corrected chi connectivity index (χ0v) is 13.9. The maximum atomic E-state index is 9.63. The fraction of sp³-hybridized carbons (Fsp3) is 0.688. The second kappa shape index (κ2) is 7.86. The summed E-state index contributed by atoms with van der Waals surface area (Å²) in [5.74, 6) is 5.56. The molecule has 3 rings (SSSR count). The number of aliphatic hydroxyl groups is 1. The topological polar surface area (TPSA) is 45.2 Å². The van der Waals surface area contributed by atoms with Crippen molar-refractivity contribution in [3.05, 3.63) is 30.1 Å². The molecule has 1 atom stereocenters. The van der Waals surface area contributed by atoms with Crippen LogP contribution in [0.1, 0.15) is 18.5 Å². The van der Waals surface area contributed by atoms with Gasteiger partial charge in [0.25, 0.3) is 0 Å². The molecule has 1 saturated carbocycles. The zero-order chi connectivity index (χ0) is 14.5. The molecule has 0 radical (unpaired) electrons. The van der Waals surface area contributed by atoms with Crippen LogP contribution in [0.2, 0.25) is 0 Å². The number of hydrogen-bond acceptors (Lipinski definition) is 5. The normalized spacial score (nSPS) is 28.6. The zero-order valence-electron chi connectivity index (χ0n) is 12.3. The lowest BCUT2D eigenvalue weighted by atomic mass is 9.75. The van der Waals surface area contributed by atoms with Crippen LogP contribution in [0.4, 0.5) is 0 Å². The van der Waals surface area contributed by atoms with E-state index < -0.39 is 0 Å². The Balaban J connectivity index is 1.61. The Labute approximate surface area is 135 Å². The molecule has 2 N–H and O–H groups in total. The Kier molecular flexibility index (Phi) is 5.86. The number of thioether (sulfide) groups is 2. The molecule has 1 saturated heterocycles.